The molecule has 1 aliphatic heterocycles. The molecule has 16 heavy (non-hydrogen) atoms. The van der Waals surface area contributed by atoms with Gasteiger partial charge >= 0.3 is 6.03 Å². The first-order chi connectivity index (χ1) is 7.69. The second-order valence-corrected chi connectivity index (χ2v) is 2.92. The molecule has 1 N–H and O–H groups in total. The summed E-state index contributed by atoms with van der Waals surface area (Å²) in [5.74, 6) is -0.234. The number of nitrogens with one attached hydrogen (secondary N) is 1. The molecule has 2 heterocycles. The second kappa shape index (κ2) is 3.93. The summed E-state index contributed by atoms with van der Waals surface area (Å²) in [5, 5.41) is 9.28. The van der Waals surface area contributed by atoms with E-state index in [-0.39, 0.29) is 18.2 Å². The van der Waals surface area contributed by atoms with E-state index >= 15 is 0 Å². The van der Waals surface area contributed by atoms with Gasteiger partial charge in [-0.2, -0.15) is 5.10 Å². The number of hydrogen-bond donors (Lipinski definition) is 1. The highest BCUT2D eigenvalue weighted by molar-refractivity contribution is 6.02. The molecule has 0 aliphatic carbocycles. The Hall–Kier alpha value is -2.51. The van der Waals surface area contributed by atoms with Crippen molar-refractivity contribution in [3.05, 3.63) is 22.8 Å². The molecule has 0 atom stereocenters. The molecule has 3 amide bonds. The van der Waals surface area contributed by atoms with Crippen molar-refractivity contribution in [3.8, 4) is 0 Å². The van der Waals surface area contributed by atoms with Crippen LogP contribution < -0.4 is 5.32 Å². The van der Waals surface area contributed by atoms with Gasteiger partial charge in [0, 0.05) is 11.2 Å². The van der Waals surface area contributed by atoms with Crippen molar-refractivity contribution >= 4 is 24.0 Å². The highest BCUT2D eigenvalue weighted by atomic mass is 16.4. The van der Waals surface area contributed by atoms with Gasteiger partial charge in [-0.25, -0.2) is 9.80 Å². The minimum absolute atomic E-state index is 0.0802. The van der Waals surface area contributed by atoms with Crippen molar-refractivity contribution in [2.45, 2.75) is 0 Å². The maximum atomic E-state index is 11.0. The molecule has 0 bridgehead atoms. The van der Waals surface area contributed by atoms with E-state index in [1.165, 1.54) is 18.3 Å². The Kier molecular flexibility index (Phi) is 2.46. The van der Waals surface area contributed by atoms with Gasteiger partial charge in [0.05, 0.1) is 6.21 Å². The number of amides is 3. The molecule has 0 aromatic carbocycles. The standard InChI is InChI=1S/C8H6N4O4/c13-6-4-12(8(14)10-6)9-3-5-1-2-7(11-15)16-5/h1-3H,4H2,(H,10,13,14)/b9-3+. The third-order valence-corrected chi connectivity index (χ3v) is 1.80. The van der Waals surface area contributed by atoms with Crippen molar-refractivity contribution in [1.29, 1.82) is 0 Å². The molecule has 8 nitrogen and oxygen atoms in total. The van der Waals surface area contributed by atoms with E-state index in [1.54, 1.807) is 0 Å². The highest BCUT2D eigenvalue weighted by Gasteiger charge is 2.25. The van der Waals surface area contributed by atoms with Crippen molar-refractivity contribution in [3.63, 3.8) is 0 Å². The van der Waals surface area contributed by atoms with Crippen LogP contribution >= 0.6 is 0 Å². The minimum atomic E-state index is -0.596. The fourth-order valence-corrected chi connectivity index (χ4v) is 1.11. The van der Waals surface area contributed by atoms with Crippen LogP contribution in [0.15, 0.2) is 26.8 Å². The summed E-state index contributed by atoms with van der Waals surface area (Å²) in [6.45, 7) is -0.130. The second-order valence-electron chi connectivity index (χ2n) is 2.92. The molecule has 1 aromatic heterocycles. The van der Waals surface area contributed by atoms with Gasteiger partial charge in [0.2, 0.25) is 5.91 Å². The van der Waals surface area contributed by atoms with Crippen molar-refractivity contribution in [2.24, 2.45) is 10.3 Å². The Balaban J connectivity index is 2.06. The van der Waals surface area contributed by atoms with E-state index in [2.05, 4.69) is 15.6 Å². The molecular weight excluding hydrogens is 216 g/mol. The summed E-state index contributed by atoms with van der Waals surface area (Å²) in [4.78, 5) is 31.9. The summed E-state index contributed by atoms with van der Waals surface area (Å²) in [7, 11) is 0. The topological polar surface area (TPSA) is 104 Å². The summed E-state index contributed by atoms with van der Waals surface area (Å²) in [5.41, 5.74) is 0. The van der Waals surface area contributed by atoms with Crippen LogP contribution in [-0.4, -0.2) is 29.7 Å². The highest BCUT2D eigenvalue weighted by Crippen LogP contribution is 2.14. The lowest BCUT2D eigenvalue weighted by atomic mass is 10.5. The van der Waals surface area contributed by atoms with Crippen LogP contribution in [0.2, 0.25) is 0 Å². The predicted octanol–water partition coefficient (Wildman–Crippen LogP) is 0.563. The average molecular weight is 222 g/mol. The zero-order valence-electron chi connectivity index (χ0n) is 7.91. The molecule has 1 aliphatic rings. The molecule has 0 radical (unpaired) electrons. The zero-order valence-corrected chi connectivity index (χ0v) is 7.91. The summed E-state index contributed by atoms with van der Waals surface area (Å²) in [6.07, 6.45) is 1.22. The first-order valence-corrected chi connectivity index (χ1v) is 4.27. The van der Waals surface area contributed by atoms with E-state index in [0.717, 1.165) is 5.01 Å². The number of furan rings is 1. The van der Waals surface area contributed by atoms with E-state index < -0.39 is 11.9 Å². The number of urea groups is 1. The fraction of sp³-hybridized carbons (Fsp3) is 0.125. The van der Waals surface area contributed by atoms with Crippen LogP contribution in [0.5, 0.6) is 0 Å². The number of hydrazone groups is 1. The number of nitroso groups, excluding NO2 is 1. The molecule has 0 spiro atoms. The lowest BCUT2D eigenvalue weighted by molar-refractivity contribution is -0.118. The maximum Gasteiger partial charge on any atom is 0.344 e. The smallest absolute Gasteiger partial charge is 0.344 e. The number of nitrogens with zero attached hydrogens (tertiary/aromatic N) is 3. The van der Waals surface area contributed by atoms with Gasteiger partial charge in [-0.1, -0.05) is 0 Å². The number of carbonyl (C=O) groups is 2. The van der Waals surface area contributed by atoms with E-state index in [1.807, 2.05) is 0 Å². The van der Waals surface area contributed by atoms with Crippen molar-refractivity contribution in [2.75, 3.05) is 6.54 Å². The van der Waals surface area contributed by atoms with Crippen LogP contribution in [0.4, 0.5) is 10.7 Å². The third-order valence-electron chi connectivity index (χ3n) is 1.80. The van der Waals surface area contributed by atoms with E-state index in [9.17, 15) is 14.5 Å². The van der Waals surface area contributed by atoms with Gasteiger partial charge in [0.25, 0.3) is 5.88 Å². The van der Waals surface area contributed by atoms with Gasteiger partial charge < -0.3 is 4.42 Å². The zero-order chi connectivity index (χ0) is 11.5. The van der Waals surface area contributed by atoms with Crippen LogP contribution in [0.25, 0.3) is 0 Å². The first-order valence-electron chi connectivity index (χ1n) is 4.27. The van der Waals surface area contributed by atoms with Gasteiger partial charge in [-0.3, -0.25) is 10.1 Å². The summed E-state index contributed by atoms with van der Waals surface area (Å²) in [6, 6.07) is 2.24. The number of carbonyl (C=O) groups excluding carboxylic acids is 2. The lowest BCUT2D eigenvalue weighted by Gasteiger charge is -2.02. The van der Waals surface area contributed by atoms with E-state index in [0.29, 0.717) is 0 Å². The van der Waals surface area contributed by atoms with Crippen LogP contribution in [-0.2, 0) is 4.79 Å². The van der Waals surface area contributed by atoms with Crippen LogP contribution in [0.1, 0.15) is 5.76 Å². The number of imide groups is 1. The normalized spacial score (nSPS) is 15.9. The molecule has 2 rings (SSSR count). The molecule has 1 saturated heterocycles. The Labute approximate surface area is 88.9 Å². The quantitative estimate of drug-likeness (QED) is 0.458. The monoisotopic (exact) mass is 222 g/mol. The molecule has 1 fully saturated rings. The Morgan fingerprint density at radius 3 is 2.81 bits per heavy atom. The summed E-state index contributed by atoms with van der Waals surface area (Å²) < 4.78 is 4.88. The van der Waals surface area contributed by atoms with Gasteiger partial charge in [-0.15, -0.1) is 4.91 Å². The number of rotatable bonds is 3. The van der Waals surface area contributed by atoms with Crippen LogP contribution in [0, 0.1) is 4.91 Å². The number of hydrogen-bond acceptors (Lipinski definition) is 6. The average Bonchev–Trinajstić information content (AvgIpc) is 2.82. The van der Waals surface area contributed by atoms with Crippen molar-refractivity contribution < 1.29 is 14.0 Å². The lowest BCUT2D eigenvalue weighted by Crippen LogP contribution is -2.24. The largest absolute Gasteiger partial charge is 0.435 e. The Morgan fingerprint density at radius 1 is 1.44 bits per heavy atom. The third kappa shape index (κ3) is 1.95. The minimum Gasteiger partial charge on any atom is -0.435 e. The molecule has 8 heteroatoms. The Morgan fingerprint density at radius 2 is 2.25 bits per heavy atom. The van der Waals surface area contributed by atoms with E-state index in [4.69, 9.17) is 4.42 Å². The first kappa shape index (κ1) is 10.0. The van der Waals surface area contributed by atoms with Gasteiger partial charge in [-0.05, 0) is 6.07 Å². The molecule has 82 valence electrons. The van der Waals surface area contributed by atoms with Crippen molar-refractivity contribution in [1.82, 2.24) is 10.3 Å². The molecular formula is C8H6N4O4. The fourth-order valence-electron chi connectivity index (χ4n) is 1.11. The van der Waals surface area contributed by atoms with Crippen LogP contribution in [0.3, 0.4) is 0 Å². The SMILES string of the molecule is O=Nc1ccc(/C=N/N2CC(=O)NC2=O)o1. The molecule has 0 unspecified atom stereocenters. The summed E-state index contributed by atoms with van der Waals surface area (Å²) >= 11 is 0. The molecule has 1 aromatic rings. The Bertz CT molecular complexity index is 478. The van der Waals surface area contributed by atoms with Gasteiger partial charge in [0.15, 0.2) is 0 Å². The predicted molar refractivity (Wildman–Crippen MR) is 52.0 cm³/mol. The maximum absolute atomic E-state index is 11.0. The molecule has 0 saturated carbocycles. The van der Waals surface area contributed by atoms with Gasteiger partial charge in [0.1, 0.15) is 12.3 Å².